The minimum absolute atomic E-state index is 0.0260. The van der Waals surface area contributed by atoms with Crippen LogP contribution in [0.5, 0.6) is 5.75 Å². The molecule has 0 radical (unpaired) electrons. The highest BCUT2D eigenvalue weighted by Gasteiger charge is 2.26. The molecule has 2 rings (SSSR count). The van der Waals surface area contributed by atoms with Crippen LogP contribution in [0.2, 0.25) is 0 Å². The number of ether oxygens (including phenoxy) is 1. The largest absolute Gasteiger partial charge is 0.494 e. The number of alkyl halides is 1. The predicted octanol–water partition coefficient (Wildman–Crippen LogP) is 3.60. The Balaban J connectivity index is 2.05. The van der Waals surface area contributed by atoms with E-state index in [1.54, 1.807) is 0 Å². The SMILES string of the molecule is CCCOc1cccc(C2=NOC(C(C)Cl)C2)c1. The smallest absolute Gasteiger partial charge is 0.149 e. The molecule has 4 heteroatoms. The van der Waals surface area contributed by atoms with Gasteiger partial charge in [-0.3, -0.25) is 0 Å². The summed E-state index contributed by atoms with van der Waals surface area (Å²) in [6.07, 6.45) is 1.73. The van der Waals surface area contributed by atoms with E-state index in [1.165, 1.54) is 0 Å². The second-order valence-electron chi connectivity index (χ2n) is 4.44. The van der Waals surface area contributed by atoms with Crippen LogP contribution in [0.4, 0.5) is 0 Å². The van der Waals surface area contributed by atoms with Gasteiger partial charge in [-0.1, -0.05) is 24.2 Å². The standard InChI is InChI=1S/C14H18ClNO2/c1-3-7-17-12-6-4-5-11(8-12)13-9-14(10(2)15)18-16-13/h4-6,8,10,14H,3,7,9H2,1-2H3. The number of halogens is 1. The van der Waals surface area contributed by atoms with Crippen molar-refractivity contribution in [2.45, 2.75) is 38.2 Å². The second kappa shape index (κ2) is 6.10. The van der Waals surface area contributed by atoms with Gasteiger partial charge in [0, 0.05) is 12.0 Å². The van der Waals surface area contributed by atoms with Crippen molar-refractivity contribution in [2.75, 3.05) is 6.61 Å². The van der Waals surface area contributed by atoms with Crippen LogP contribution >= 0.6 is 11.6 Å². The Bertz CT molecular complexity index is 432. The van der Waals surface area contributed by atoms with Crippen molar-refractivity contribution >= 4 is 17.3 Å². The quantitative estimate of drug-likeness (QED) is 0.763. The summed E-state index contributed by atoms with van der Waals surface area (Å²) in [5.41, 5.74) is 1.98. The molecule has 0 fully saturated rings. The third-order valence-electron chi connectivity index (χ3n) is 2.85. The average molecular weight is 268 g/mol. The Labute approximate surface area is 113 Å². The molecule has 0 amide bonds. The van der Waals surface area contributed by atoms with E-state index in [-0.39, 0.29) is 11.5 Å². The van der Waals surface area contributed by atoms with Gasteiger partial charge in [-0.25, -0.2) is 0 Å². The van der Waals surface area contributed by atoms with E-state index in [4.69, 9.17) is 21.2 Å². The molecule has 0 spiro atoms. The summed E-state index contributed by atoms with van der Waals surface area (Å²) in [6.45, 7) is 4.74. The van der Waals surface area contributed by atoms with Crippen LogP contribution in [0.3, 0.4) is 0 Å². The zero-order valence-corrected chi connectivity index (χ0v) is 11.5. The van der Waals surface area contributed by atoms with Crippen LogP contribution in [-0.2, 0) is 4.84 Å². The minimum atomic E-state index is -0.0363. The topological polar surface area (TPSA) is 30.8 Å². The van der Waals surface area contributed by atoms with Crippen molar-refractivity contribution in [1.82, 2.24) is 0 Å². The van der Waals surface area contributed by atoms with Crippen LogP contribution in [0.1, 0.15) is 32.3 Å². The highest BCUT2D eigenvalue weighted by atomic mass is 35.5. The number of oxime groups is 1. The summed E-state index contributed by atoms with van der Waals surface area (Å²) < 4.78 is 5.61. The molecule has 0 bridgehead atoms. The monoisotopic (exact) mass is 267 g/mol. The summed E-state index contributed by atoms with van der Waals surface area (Å²) in [5.74, 6) is 0.874. The Kier molecular flexibility index (Phi) is 4.48. The maximum absolute atomic E-state index is 6.01. The minimum Gasteiger partial charge on any atom is -0.494 e. The molecular formula is C14H18ClNO2. The molecule has 1 aliphatic heterocycles. The van der Waals surface area contributed by atoms with E-state index in [0.717, 1.165) is 36.5 Å². The zero-order valence-electron chi connectivity index (χ0n) is 10.7. The van der Waals surface area contributed by atoms with Gasteiger partial charge in [0.15, 0.2) is 0 Å². The molecule has 0 saturated heterocycles. The lowest BCUT2D eigenvalue weighted by Gasteiger charge is -2.09. The molecule has 98 valence electrons. The predicted molar refractivity (Wildman–Crippen MR) is 73.6 cm³/mol. The van der Waals surface area contributed by atoms with E-state index < -0.39 is 0 Å². The van der Waals surface area contributed by atoms with E-state index in [1.807, 2.05) is 31.2 Å². The van der Waals surface area contributed by atoms with Crippen molar-refractivity contribution in [3.8, 4) is 5.75 Å². The van der Waals surface area contributed by atoms with E-state index in [9.17, 15) is 0 Å². The van der Waals surface area contributed by atoms with Gasteiger partial charge in [0.2, 0.25) is 0 Å². The van der Waals surface area contributed by atoms with Gasteiger partial charge >= 0.3 is 0 Å². The second-order valence-corrected chi connectivity index (χ2v) is 5.13. The first-order valence-electron chi connectivity index (χ1n) is 6.30. The molecule has 0 saturated carbocycles. The fraction of sp³-hybridized carbons (Fsp3) is 0.500. The third-order valence-corrected chi connectivity index (χ3v) is 3.13. The van der Waals surface area contributed by atoms with E-state index in [2.05, 4.69) is 12.1 Å². The first-order valence-corrected chi connectivity index (χ1v) is 6.74. The molecule has 1 heterocycles. The Morgan fingerprint density at radius 1 is 1.56 bits per heavy atom. The first-order chi connectivity index (χ1) is 8.70. The lowest BCUT2D eigenvalue weighted by atomic mass is 10.0. The zero-order chi connectivity index (χ0) is 13.0. The van der Waals surface area contributed by atoms with Crippen molar-refractivity contribution < 1.29 is 9.57 Å². The van der Waals surface area contributed by atoms with Gasteiger partial charge in [-0.05, 0) is 25.5 Å². The fourth-order valence-electron chi connectivity index (χ4n) is 1.80. The van der Waals surface area contributed by atoms with Crippen molar-refractivity contribution in [1.29, 1.82) is 0 Å². The average Bonchev–Trinajstić information content (AvgIpc) is 2.86. The van der Waals surface area contributed by atoms with Gasteiger partial charge in [0.1, 0.15) is 11.9 Å². The number of hydrogen-bond donors (Lipinski definition) is 0. The van der Waals surface area contributed by atoms with Crippen LogP contribution in [0.15, 0.2) is 29.4 Å². The molecule has 18 heavy (non-hydrogen) atoms. The molecule has 1 aliphatic rings. The molecule has 2 unspecified atom stereocenters. The molecule has 2 atom stereocenters. The lowest BCUT2D eigenvalue weighted by Crippen LogP contribution is -2.18. The summed E-state index contributed by atoms with van der Waals surface area (Å²) in [5, 5.41) is 4.07. The molecule has 1 aromatic carbocycles. The number of hydrogen-bond acceptors (Lipinski definition) is 3. The number of benzene rings is 1. The van der Waals surface area contributed by atoms with Crippen molar-refractivity contribution in [3.63, 3.8) is 0 Å². The van der Waals surface area contributed by atoms with Gasteiger partial charge in [0.25, 0.3) is 0 Å². The maximum atomic E-state index is 6.01. The molecular weight excluding hydrogens is 250 g/mol. The van der Waals surface area contributed by atoms with Crippen LogP contribution < -0.4 is 4.74 Å². The van der Waals surface area contributed by atoms with Gasteiger partial charge in [-0.15, -0.1) is 11.6 Å². The lowest BCUT2D eigenvalue weighted by molar-refractivity contribution is 0.0855. The van der Waals surface area contributed by atoms with Gasteiger partial charge < -0.3 is 9.57 Å². The Hall–Kier alpha value is -1.22. The molecule has 3 nitrogen and oxygen atoms in total. The molecule has 0 aliphatic carbocycles. The van der Waals surface area contributed by atoms with Gasteiger partial charge in [0.05, 0.1) is 17.7 Å². The summed E-state index contributed by atoms with van der Waals surface area (Å²) in [6, 6.07) is 7.94. The molecule has 1 aromatic rings. The van der Waals surface area contributed by atoms with Crippen LogP contribution in [0, 0.1) is 0 Å². The van der Waals surface area contributed by atoms with Crippen molar-refractivity contribution in [2.24, 2.45) is 5.16 Å². The molecule has 0 aromatic heterocycles. The highest BCUT2D eigenvalue weighted by Crippen LogP contribution is 2.23. The third kappa shape index (κ3) is 3.16. The van der Waals surface area contributed by atoms with Gasteiger partial charge in [-0.2, -0.15) is 0 Å². The van der Waals surface area contributed by atoms with Crippen LogP contribution in [0.25, 0.3) is 0 Å². The number of nitrogens with zero attached hydrogens (tertiary/aromatic N) is 1. The molecule has 0 N–H and O–H groups in total. The Morgan fingerprint density at radius 3 is 3.06 bits per heavy atom. The fourth-order valence-corrected chi connectivity index (χ4v) is 1.93. The first kappa shape index (κ1) is 13.2. The van der Waals surface area contributed by atoms with E-state index in [0.29, 0.717) is 0 Å². The number of rotatable bonds is 5. The van der Waals surface area contributed by atoms with Crippen LogP contribution in [-0.4, -0.2) is 23.8 Å². The summed E-state index contributed by atoms with van der Waals surface area (Å²) >= 11 is 6.01. The Morgan fingerprint density at radius 2 is 2.39 bits per heavy atom. The van der Waals surface area contributed by atoms with E-state index >= 15 is 0 Å². The van der Waals surface area contributed by atoms with Crippen molar-refractivity contribution in [3.05, 3.63) is 29.8 Å². The summed E-state index contributed by atoms with van der Waals surface area (Å²) in [4.78, 5) is 5.32. The maximum Gasteiger partial charge on any atom is 0.149 e. The highest BCUT2D eigenvalue weighted by molar-refractivity contribution is 6.21. The summed E-state index contributed by atoms with van der Waals surface area (Å²) in [7, 11) is 0. The normalized spacial score (nSPS) is 20.2.